The molecule has 0 saturated heterocycles. The van der Waals surface area contributed by atoms with Crippen LogP contribution in [0.25, 0.3) is 0 Å². The molecule has 0 unspecified atom stereocenters. The molecular weight excluding hydrogens is 424 g/mol. The first kappa shape index (κ1) is 21.8. The molecule has 0 aliphatic heterocycles. The van der Waals surface area contributed by atoms with E-state index in [2.05, 4.69) is 5.32 Å². The Labute approximate surface area is 181 Å². The van der Waals surface area contributed by atoms with Crippen LogP contribution in [-0.4, -0.2) is 32.7 Å². The van der Waals surface area contributed by atoms with Gasteiger partial charge in [0.2, 0.25) is 10.0 Å². The van der Waals surface area contributed by atoms with E-state index in [9.17, 15) is 13.2 Å². The third-order valence-corrected chi connectivity index (χ3v) is 6.60. The molecule has 3 rings (SSSR count). The number of nitrogens with one attached hydrogen (secondary N) is 1. The van der Waals surface area contributed by atoms with Crippen molar-refractivity contribution in [1.29, 1.82) is 0 Å². The number of halogens is 1. The molecule has 0 fully saturated rings. The van der Waals surface area contributed by atoms with Gasteiger partial charge in [-0.1, -0.05) is 35.9 Å². The van der Waals surface area contributed by atoms with E-state index < -0.39 is 15.9 Å². The van der Waals surface area contributed by atoms with E-state index in [1.54, 1.807) is 24.3 Å². The van der Waals surface area contributed by atoms with E-state index in [-0.39, 0.29) is 15.5 Å². The van der Waals surface area contributed by atoms with Gasteiger partial charge in [-0.2, -0.15) is 0 Å². The lowest BCUT2D eigenvalue weighted by Gasteiger charge is -2.15. The van der Waals surface area contributed by atoms with Crippen LogP contribution in [0.2, 0.25) is 5.02 Å². The van der Waals surface area contributed by atoms with E-state index in [1.807, 2.05) is 31.2 Å². The third kappa shape index (κ3) is 4.81. The second-order valence-electron chi connectivity index (χ2n) is 6.80. The SMILES string of the molecule is Cc1cccc(Oc2ccccc2NC(=O)c2ccc(Cl)c(S(=O)(=O)N(C)C)c2)c1. The zero-order chi connectivity index (χ0) is 21.9. The fraction of sp³-hybridized carbons (Fsp3) is 0.136. The van der Waals surface area contributed by atoms with Gasteiger partial charge in [0.05, 0.1) is 10.7 Å². The molecule has 1 N–H and O–H groups in total. The Morgan fingerprint density at radius 1 is 1.00 bits per heavy atom. The Bertz CT molecular complexity index is 1190. The van der Waals surface area contributed by atoms with E-state index >= 15 is 0 Å². The van der Waals surface area contributed by atoms with Gasteiger partial charge in [-0.3, -0.25) is 4.79 Å². The molecule has 30 heavy (non-hydrogen) atoms. The Morgan fingerprint density at radius 2 is 1.73 bits per heavy atom. The van der Waals surface area contributed by atoms with Crippen molar-refractivity contribution in [1.82, 2.24) is 4.31 Å². The van der Waals surface area contributed by atoms with Crippen LogP contribution >= 0.6 is 11.6 Å². The standard InChI is InChI=1S/C22H21ClN2O4S/c1-15-7-6-8-17(13-15)29-20-10-5-4-9-19(20)24-22(26)16-11-12-18(23)21(14-16)30(27,28)25(2)3/h4-14H,1-3H3,(H,24,26). The van der Waals surface area contributed by atoms with Gasteiger partial charge in [-0.15, -0.1) is 0 Å². The van der Waals surface area contributed by atoms with Crippen LogP contribution < -0.4 is 10.1 Å². The predicted molar refractivity (Wildman–Crippen MR) is 118 cm³/mol. The van der Waals surface area contributed by atoms with Crippen LogP contribution in [0, 0.1) is 6.92 Å². The van der Waals surface area contributed by atoms with Crippen molar-refractivity contribution in [3.05, 3.63) is 82.9 Å². The number of hydrogen-bond acceptors (Lipinski definition) is 4. The van der Waals surface area contributed by atoms with Gasteiger partial charge < -0.3 is 10.1 Å². The zero-order valence-electron chi connectivity index (χ0n) is 16.7. The molecule has 3 aromatic carbocycles. The molecule has 0 heterocycles. The fourth-order valence-corrected chi connectivity index (χ4v) is 4.09. The molecule has 0 bridgehead atoms. The van der Waals surface area contributed by atoms with Gasteiger partial charge in [0, 0.05) is 19.7 Å². The molecule has 0 aliphatic carbocycles. The van der Waals surface area contributed by atoms with Gasteiger partial charge in [-0.05, 0) is 55.0 Å². The van der Waals surface area contributed by atoms with Crippen molar-refractivity contribution in [2.75, 3.05) is 19.4 Å². The van der Waals surface area contributed by atoms with Crippen LogP contribution in [0.5, 0.6) is 11.5 Å². The summed E-state index contributed by atoms with van der Waals surface area (Å²) in [5.74, 6) is 0.622. The number of benzene rings is 3. The Morgan fingerprint density at radius 3 is 2.43 bits per heavy atom. The summed E-state index contributed by atoms with van der Waals surface area (Å²) in [6.07, 6.45) is 0. The molecule has 0 aliphatic rings. The second-order valence-corrected chi connectivity index (χ2v) is 9.33. The quantitative estimate of drug-likeness (QED) is 0.584. The minimum absolute atomic E-state index is 0.0448. The van der Waals surface area contributed by atoms with Crippen LogP contribution in [0.3, 0.4) is 0 Å². The number of amides is 1. The molecule has 0 aromatic heterocycles. The zero-order valence-corrected chi connectivity index (χ0v) is 18.3. The first-order chi connectivity index (χ1) is 14.2. The highest BCUT2D eigenvalue weighted by atomic mass is 35.5. The predicted octanol–water partition coefficient (Wildman–Crippen LogP) is 4.94. The van der Waals surface area contributed by atoms with E-state index in [0.29, 0.717) is 17.2 Å². The largest absolute Gasteiger partial charge is 0.455 e. The monoisotopic (exact) mass is 444 g/mol. The van der Waals surface area contributed by atoms with Crippen LogP contribution in [0.1, 0.15) is 15.9 Å². The summed E-state index contributed by atoms with van der Waals surface area (Å²) in [6.45, 7) is 1.96. The lowest BCUT2D eigenvalue weighted by molar-refractivity contribution is 0.102. The average molecular weight is 445 g/mol. The first-order valence-electron chi connectivity index (χ1n) is 9.05. The maximum Gasteiger partial charge on any atom is 0.255 e. The van der Waals surface area contributed by atoms with E-state index in [4.69, 9.17) is 16.3 Å². The number of sulfonamides is 1. The van der Waals surface area contributed by atoms with Crippen molar-refractivity contribution in [2.45, 2.75) is 11.8 Å². The molecule has 0 saturated carbocycles. The van der Waals surface area contributed by atoms with E-state index in [0.717, 1.165) is 9.87 Å². The highest BCUT2D eigenvalue weighted by molar-refractivity contribution is 7.89. The molecule has 6 nitrogen and oxygen atoms in total. The van der Waals surface area contributed by atoms with Gasteiger partial charge in [0.1, 0.15) is 10.6 Å². The molecule has 8 heteroatoms. The molecular formula is C22H21ClN2O4S. The van der Waals surface area contributed by atoms with Gasteiger partial charge in [0.15, 0.2) is 5.75 Å². The average Bonchev–Trinajstić information content (AvgIpc) is 2.69. The normalized spacial score (nSPS) is 11.4. The maximum atomic E-state index is 12.8. The number of hydrogen-bond donors (Lipinski definition) is 1. The lowest BCUT2D eigenvalue weighted by Crippen LogP contribution is -2.23. The second kappa shape index (κ2) is 8.87. The minimum atomic E-state index is -3.79. The minimum Gasteiger partial charge on any atom is -0.455 e. The van der Waals surface area contributed by atoms with Crippen LogP contribution in [0.15, 0.2) is 71.6 Å². The summed E-state index contributed by atoms with van der Waals surface area (Å²) in [5, 5.41) is 2.82. The summed E-state index contributed by atoms with van der Waals surface area (Å²) >= 11 is 6.06. The Hall–Kier alpha value is -2.87. The first-order valence-corrected chi connectivity index (χ1v) is 10.9. The van der Waals surface area contributed by atoms with Gasteiger partial charge >= 0.3 is 0 Å². The molecule has 0 radical (unpaired) electrons. The number of anilines is 1. The summed E-state index contributed by atoms with van der Waals surface area (Å²) in [5.41, 5.74) is 1.66. The van der Waals surface area contributed by atoms with Crippen LogP contribution in [-0.2, 0) is 10.0 Å². The number of aryl methyl sites for hydroxylation is 1. The van der Waals surface area contributed by atoms with Crippen molar-refractivity contribution < 1.29 is 17.9 Å². The Kier molecular flexibility index (Phi) is 6.45. The third-order valence-electron chi connectivity index (χ3n) is 4.30. The number of ether oxygens (including phenoxy) is 1. The molecule has 156 valence electrons. The highest BCUT2D eigenvalue weighted by Gasteiger charge is 2.22. The van der Waals surface area contributed by atoms with Gasteiger partial charge in [0.25, 0.3) is 5.91 Å². The smallest absolute Gasteiger partial charge is 0.255 e. The van der Waals surface area contributed by atoms with Crippen molar-refractivity contribution >= 4 is 33.2 Å². The summed E-state index contributed by atoms with van der Waals surface area (Å²) in [4.78, 5) is 12.7. The number of carbonyl (C=O) groups is 1. The number of para-hydroxylation sites is 2. The summed E-state index contributed by atoms with van der Waals surface area (Å²) < 4.78 is 31.9. The van der Waals surface area contributed by atoms with E-state index in [1.165, 1.54) is 32.3 Å². The maximum absolute atomic E-state index is 12.8. The Balaban J connectivity index is 1.89. The fourth-order valence-electron chi connectivity index (χ4n) is 2.70. The number of carbonyl (C=O) groups excluding carboxylic acids is 1. The van der Waals surface area contributed by atoms with Gasteiger partial charge in [-0.25, -0.2) is 12.7 Å². The lowest BCUT2D eigenvalue weighted by atomic mass is 10.2. The number of nitrogens with zero attached hydrogens (tertiary/aromatic N) is 1. The van der Waals surface area contributed by atoms with Crippen molar-refractivity contribution in [3.63, 3.8) is 0 Å². The topological polar surface area (TPSA) is 75.7 Å². The number of rotatable bonds is 6. The summed E-state index contributed by atoms with van der Waals surface area (Å²) in [7, 11) is -0.993. The molecule has 0 atom stereocenters. The van der Waals surface area contributed by atoms with Crippen molar-refractivity contribution in [2.24, 2.45) is 0 Å². The van der Waals surface area contributed by atoms with Crippen molar-refractivity contribution in [3.8, 4) is 11.5 Å². The molecule has 0 spiro atoms. The molecule has 3 aromatic rings. The molecule has 1 amide bonds. The highest BCUT2D eigenvalue weighted by Crippen LogP contribution is 2.31. The summed E-state index contributed by atoms with van der Waals surface area (Å²) in [6, 6.07) is 18.7. The van der Waals surface area contributed by atoms with Crippen LogP contribution in [0.4, 0.5) is 5.69 Å².